The van der Waals surface area contributed by atoms with Crippen molar-refractivity contribution in [3.05, 3.63) is 108 Å². The van der Waals surface area contributed by atoms with Crippen LogP contribution >= 0.6 is 23.2 Å². The van der Waals surface area contributed by atoms with Gasteiger partial charge in [0.15, 0.2) is 5.78 Å². The highest BCUT2D eigenvalue weighted by Crippen LogP contribution is 2.36. The second kappa shape index (κ2) is 15.2. The maximum Gasteiger partial charge on any atom is 0.417 e. The molecule has 2 fully saturated rings. The Morgan fingerprint density at radius 1 is 0.943 bits per heavy atom. The Balaban J connectivity index is 1.17. The van der Waals surface area contributed by atoms with Crippen molar-refractivity contribution in [2.45, 2.75) is 38.0 Å². The molecule has 2 aliphatic heterocycles. The number of benzene rings is 2. The largest absolute Gasteiger partial charge is 0.443 e. The lowest BCUT2D eigenvalue weighted by molar-refractivity contribution is -0.137. The standard InChI is InChI=1S/C35H35Cl2F3N8O5/c1-21-4-2-3-5-22(21)17-34(53-33(41)52)8-10-46(11-9-34)27-19-43-48(32(51)30(27)37)23-6-7-24(25(16-23)35(38,39)40)28(49)20-45-12-14-47(15-13-45)26-18-42-44-31(50)29(26)36/h2-7,16,18-19H,8-15,17,20H2,1H3,(H2,41,52)(H,44,50). The molecule has 2 saturated heterocycles. The molecule has 3 N–H and O–H groups in total. The van der Waals surface area contributed by atoms with E-state index in [1.807, 2.05) is 36.1 Å². The van der Waals surface area contributed by atoms with Gasteiger partial charge in [0.2, 0.25) is 0 Å². The number of rotatable bonds is 9. The van der Waals surface area contributed by atoms with Crippen LogP contribution in [0.1, 0.15) is 39.9 Å². The first kappa shape index (κ1) is 37.8. The fraction of sp³-hybridized carbons (Fsp3) is 0.371. The van der Waals surface area contributed by atoms with Crippen LogP contribution in [0.2, 0.25) is 10.0 Å². The maximum atomic E-state index is 14.4. The van der Waals surface area contributed by atoms with Crippen LogP contribution in [0.4, 0.5) is 29.3 Å². The van der Waals surface area contributed by atoms with E-state index in [9.17, 15) is 32.3 Å². The minimum Gasteiger partial charge on any atom is -0.443 e. The number of nitrogens with zero attached hydrogens (tertiary/aromatic N) is 6. The lowest BCUT2D eigenvalue weighted by atomic mass is 9.83. The number of aromatic amines is 1. The van der Waals surface area contributed by atoms with Gasteiger partial charge in [0, 0.05) is 64.1 Å². The van der Waals surface area contributed by atoms with Gasteiger partial charge in [0.05, 0.1) is 41.6 Å². The van der Waals surface area contributed by atoms with E-state index in [1.54, 1.807) is 9.80 Å². The summed E-state index contributed by atoms with van der Waals surface area (Å²) in [4.78, 5) is 55.8. The number of hydrogen-bond acceptors (Lipinski definition) is 10. The van der Waals surface area contributed by atoms with E-state index >= 15 is 0 Å². The van der Waals surface area contributed by atoms with Crippen molar-refractivity contribution in [1.29, 1.82) is 0 Å². The van der Waals surface area contributed by atoms with Crippen molar-refractivity contribution in [2.75, 3.05) is 55.6 Å². The highest BCUT2D eigenvalue weighted by Gasteiger charge is 2.40. The number of ketones is 1. The van der Waals surface area contributed by atoms with E-state index in [4.69, 9.17) is 33.7 Å². The maximum absolute atomic E-state index is 14.4. The molecule has 18 heteroatoms. The molecular formula is C35H35Cl2F3N8O5. The molecule has 0 unspecified atom stereocenters. The van der Waals surface area contributed by atoms with Crippen LogP contribution in [0.25, 0.3) is 5.69 Å². The number of carbonyl (C=O) groups is 2. The van der Waals surface area contributed by atoms with Gasteiger partial charge in [-0.1, -0.05) is 47.5 Å². The number of carbonyl (C=O) groups excluding carboxylic acids is 2. The summed E-state index contributed by atoms with van der Waals surface area (Å²) in [6.45, 7) is 3.69. The summed E-state index contributed by atoms with van der Waals surface area (Å²) in [7, 11) is 0. The van der Waals surface area contributed by atoms with Crippen LogP contribution < -0.4 is 26.7 Å². The minimum absolute atomic E-state index is 0.0248. The third-order valence-electron chi connectivity index (χ3n) is 9.72. The number of primary amides is 1. The molecule has 280 valence electrons. The van der Waals surface area contributed by atoms with Gasteiger partial charge in [-0.3, -0.25) is 19.3 Å². The molecule has 0 atom stereocenters. The predicted octanol–water partition coefficient (Wildman–Crippen LogP) is 4.63. The molecule has 0 aliphatic carbocycles. The Hall–Kier alpha value is -4.93. The van der Waals surface area contributed by atoms with Gasteiger partial charge in [-0.05, 0) is 36.2 Å². The normalized spacial score (nSPS) is 16.4. The fourth-order valence-corrected chi connectivity index (χ4v) is 7.30. The summed E-state index contributed by atoms with van der Waals surface area (Å²) < 4.78 is 49.6. The Bertz CT molecular complexity index is 2150. The van der Waals surface area contributed by atoms with Crippen molar-refractivity contribution in [3.63, 3.8) is 0 Å². The van der Waals surface area contributed by atoms with Gasteiger partial charge in [-0.15, -0.1) is 0 Å². The molecule has 13 nitrogen and oxygen atoms in total. The first-order chi connectivity index (χ1) is 25.2. The molecule has 2 aromatic heterocycles. The zero-order chi connectivity index (χ0) is 38.1. The van der Waals surface area contributed by atoms with Crippen LogP contribution in [0.3, 0.4) is 0 Å². The average Bonchev–Trinajstić information content (AvgIpc) is 3.12. The molecule has 0 radical (unpaired) electrons. The zero-order valence-corrected chi connectivity index (χ0v) is 30.0. The molecule has 2 aromatic carbocycles. The first-order valence-corrected chi connectivity index (χ1v) is 17.4. The Morgan fingerprint density at radius 3 is 2.26 bits per heavy atom. The highest BCUT2D eigenvalue weighted by atomic mass is 35.5. The van der Waals surface area contributed by atoms with Gasteiger partial charge < -0.3 is 20.3 Å². The van der Waals surface area contributed by atoms with Gasteiger partial charge in [0.1, 0.15) is 15.6 Å². The van der Waals surface area contributed by atoms with E-state index < -0.39 is 45.9 Å². The first-order valence-electron chi connectivity index (χ1n) is 16.7. The molecule has 1 amide bonds. The molecular weight excluding hydrogens is 740 g/mol. The van der Waals surface area contributed by atoms with Crippen LogP contribution in [0, 0.1) is 6.92 Å². The molecule has 4 aromatic rings. The van der Waals surface area contributed by atoms with Gasteiger partial charge in [-0.25, -0.2) is 9.89 Å². The number of ether oxygens (including phenoxy) is 1. The number of alkyl halides is 3. The third kappa shape index (κ3) is 8.19. The summed E-state index contributed by atoms with van der Waals surface area (Å²) in [5.74, 6) is -0.759. The average molecular weight is 776 g/mol. The number of piperazine rings is 1. The summed E-state index contributed by atoms with van der Waals surface area (Å²) in [5, 5.41) is 9.88. The fourth-order valence-electron chi connectivity index (χ4n) is 6.84. The Morgan fingerprint density at radius 2 is 1.60 bits per heavy atom. The van der Waals surface area contributed by atoms with E-state index in [1.165, 1.54) is 18.5 Å². The van der Waals surface area contributed by atoms with E-state index in [0.29, 0.717) is 70.3 Å². The molecule has 0 saturated carbocycles. The number of H-pyrrole nitrogens is 1. The number of nitrogens with one attached hydrogen (secondary N) is 1. The monoisotopic (exact) mass is 774 g/mol. The summed E-state index contributed by atoms with van der Waals surface area (Å²) in [5.41, 5.74) is 3.89. The SMILES string of the molecule is Cc1ccccc1CC1(OC(N)=O)CCN(c2cnn(-c3ccc(C(=O)CN4CCN(c5cn[nH]c(=O)c5Cl)CC4)c(C(F)(F)F)c3)c(=O)c2Cl)CC1. The van der Waals surface area contributed by atoms with Crippen molar-refractivity contribution in [2.24, 2.45) is 5.73 Å². The second-order valence-corrected chi connectivity index (χ2v) is 13.8. The van der Waals surface area contributed by atoms with Crippen molar-refractivity contribution < 1.29 is 27.5 Å². The number of aryl methyl sites for hydroxylation is 1. The number of hydrogen-bond donors (Lipinski definition) is 2. The van der Waals surface area contributed by atoms with E-state index in [-0.39, 0.29) is 28.0 Å². The van der Waals surface area contributed by atoms with Gasteiger partial charge in [-0.2, -0.15) is 28.1 Å². The Labute approximate surface area is 311 Å². The second-order valence-electron chi connectivity index (χ2n) is 13.1. The number of piperidine rings is 1. The summed E-state index contributed by atoms with van der Waals surface area (Å²) in [6.07, 6.45) is -1.95. The highest BCUT2D eigenvalue weighted by molar-refractivity contribution is 6.33. The number of halogens is 5. The number of amides is 1. The number of nitrogens with two attached hydrogens (primary N) is 1. The smallest absolute Gasteiger partial charge is 0.417 e. The Kier molecular flexibility index (Phi) is 10.8. The van der Waals surface area contributed by atoms with Crippen molar-refractivity contribution in [3.8, 4) is 5.69 Å². The van der Waals surface area contributed by atoms with E-state index in [2.05, 4.69) is 15.3 Å². The van der Waals surface area contributed by atoms with E-state index in [0.717, 1.165) is 21.9 Å². The van der Waals surface area contributed by atoms with Crippen LogP contribution in [0.15, 0.2) is 64.4 Å². The molecule has 2 aliphatic rings. The number of aromatic nitrogens is 4. The van der Waals surface area contributed by atoms with Crippen LogP contribution in [0.5, 0.6) is 0 Å². The van der Waals surface area contributed by atoms with Crippen LogP contribution in [-0.4, -0.2) is 88.2 Å². The lowest BCUT2D eigenvalue weighted by Gasteiger charge is -2.42. The summed E-state index contributed by atoms with van der Waals surface area (Å²) in [6, 6.07) is 10.7. The van der Waals surface area contributed by atoms with Crippen LogP contribution in [-0.2, 0) is 17.3 Å². The van der Waals surface area contributed by atoms with Gasteiger partial charge in [0.25, 0.3) is 11.1 Å². The minimum atomic E-state index is -4.93. The molecule has 6 rings (SSSR count). The van der Waals surface area contributed by atoms with Crippen molar-refractivity contribution >= 4 is 46.5 Å². The zero-order valence-electron chi connectivity index (χ0n) is 28.5. The number of anilines is 2. The molecule has 0 bridgehead atoms. The van der Waals surface area contributed by atoms with Crippen molar-refractivity contribution in [1.82, 2.24) is 24.9 Å². The molecule has 0 spiro atoms. The predicted molar refractivity (Wildman–Crippen MR) is 192 cm³/mol. The topological polar surface area (TPSA) is 160 Å². The number of Topliss-reactive ketones (excluding diaryl/α,β-unsaturated/α-hetero) is 1. The quantitative estimate of drug-likeness (QED) is 0.230. The molecule has 53 heavy (non-hydrogen) atoms. The lowest BCUT2D eigenvalue weighted by Crippen LogP contribution is -2.49. The summed E-state index contributed by atoms with van der Waals surface area (Å²) >= 11 is 12.6. The third-order valence-corrected chi connectivity index (χ3v) is 10.4. The van der Waals surface area contributed by atoms with Gasteiger partial charge >= 0.3 is 12.3 Å². The molecule has 4 heterocycles.